The number of aromatic nitrogens is 1. The largest absolute Gasteiger partial charge is 0.618 e. The predicted octanol–water partition coefficient (Wildman–Crippen LogP) is -0.303. The molecule has 0 aliphatic heterocycles. The van der Waals surface area contributed by atoms with E-state index in [0.29, 0.717) is 12.3 Å². The highest BCUT2D eigenvalue weighted by Gasteiger charge is 2.20. The highest BCUT2D eigenvalue weighted by molar-refractivity contribution is 5.89. The number of pyridine rings is 1. The molecule has 0 saturated carbocycles. The lowest BCUT2D eigenvalue weighted by Gasteiger charge is -2.00. The molecular formula is C6H4F2N2O2. The lowest BCUT2D eigenvalue weighted by atomic mass is 10.3. The van der Waals surface area contributed by atoms with Gasteiger partial charge in [-0.3, -0.25) is 4.79 Å². The summed E-state index contributed by atoms with van der Waals surface area (Å²) in [5.41, 5.74) is 3.75. The summed E-state index contributed by atoms with van der Waals surface area (Å²) in [4.78, 5) is 10.4. The van der Waals surface area contributed by atoms with Gasteiger partial charge >= 0.3 is 11.6 Å². The quantitative estimate of drug-likeness (QED) is 0.469. The van der Waals surface area contributed by atoms with E-state index in [1.165, 1.54) is 0 Å². The highest BCUT2D eigenvalue weighted by Crippen LogP contribution is 2.02. The summed E-state index contributed by atoms with van der Waals surface area (Å²) in [5.74, 6) is -3.56. The summed E-state index contributed by atoms with van der Waals surface area (Å²) < 4.78 is 24.6. The lowest BCUT2D eigenvalue weighted by molar-refractivity contribution is -0.611. The molecule has 0 unspecified atom stereocenters. The van der Waals surface area contributed by atoms with E-state index >= 15 is 0 Å². The molecule has 0 atom stereocenters. The van der Waals surface area contributed by atoms with Crippen LogP contribution in [0.4, 0.5) is 8.78 Å². The number of amides is 1. The maximum atomic E-state index is 12.6. The van der Waals surface area contributed by atoms with Crippen molar-refractivity contribution in [3.05, 3.63) is 34.8 Å². The van der Waals surface area contributed by atoms with E-state index < -0.39 is 23.2 Å². The van der Waals surface area contributed by atoms with Crippen LogP contribution in [-0.2, 0) is 0 Å². The van der Waals surface area contributed by atoms with Crippen LogP contribution in [0.1, 0.15) is 10.5 Å². The number of primary amides is 1. The Morgan fingerprint density at radius 2 is 2.17 bits per heavy atom. The third-order valence-corrected chi connectivity index (χ3v) is 1.19. The Morgan fingerprint density at radius 3 is 2.58 bits per heavy atom. The second kappa shape index (κ2) is 2.72. The first kappa shape index (κ1) is 8.38. The molecule has 2 N–H and O–H groups in total. The van der Waals surface area contributed by atoms with Gasteiger partial charge in [0.1, 0.15) is 0 Å². The normalized spacial score (nSPS) is 9.83. The smallest absolute Gasteiger partial charge is 0.318 e. The summed E-state index contributed by atoms with van der Waals surface area (Å²) in [5, 5.41) is 10.6. The van der Waals surface area contributed by atoms with Gasteiger partial charge in [0.05, 0.1) is 0 Å². The predicted molar refractivity (Wildman–Crippen MR) is 33.8 cm³/mol. The van der Waals surface area contributed by atoms with Crippen molar-refractivity contribution in [3.63, 3.8) is 0 Å². The third kappa shape index (κ3) is 1.31. The monoisotopic (exact) mass is 174 g/mol. The first-order valence-electron chi connectivity index (χ1n) is 2.90. The minimum absolute atomic E-state index is 0.243. The number of hydrogen-bond acceptors (Lipinski definition) is 2. The van der Waals surface area contributed by atoms with E-state index in [1.54, 1.807) is 0 Å². The summed E-state index contributed by atoms with van der Waals surface area (Å²) in [6, 6.07) is 0.411. The average molecular weight is 174 g/mol. The summed E-state index contributed by atoms with van der Waals surface area (Å²) in [6.45, 7) is 0. The van der Waals surface area contributed by atoms with Crippen molar-refractivity contribution < 1.29 is 18.3 Å². The first-order valence-corrected chi connectivity index (χ1v) is 2.90. The zero-order valence-electron chi connectivity index (χ0n) is 5.75. The number of carbonyl (C=O) groups excluding carboxylic acids is 1. The van der Waals surface area contributed by atoms with E-state index in [4.69, 9.17) is 0 Å². The molecule has 0 aliphatic rings. The molecule has 1 heterocycles. The minimum atomic E-state index is -1.27. The Labute approximate surface area is 65.8 Å². The van der Waals surface area contributed by atoms with Gasteiger partial charge in [-0.2, -0.15) is 9.12 Å². The van der Waals surface area contributed by atoms with Crippen LogP contribution < -0.4 is 10.5 Å². The van der Waals surface area contributed by atoms with Gasteiger partial charge in [-0.05, 0) is 0 Å². The molecule has 12 heavy (non-hydrogen) atoms. The lowest BCUT2D eigenvalue weighted by Crippen LogP contribution is -2.39. The average Bonchev–Trinajstić information content (AvgIpc) is 1.82. The molecular weight excluding hydrogens is 170 g/mol. The van der Waals surface area contributed by atoms with Crippen molar-refractivity contribution in [3.8, 4) is 0 Å². The van der Waals surface area contributed by atoms with Crippen LogP contribution in [0.5, 0.6) is 0 Å². The van der Waals surface area contributed by atoms with Gasteiger partial charge in [0, 0.05) is 6.07 Å². The summed E-state index contributed by atoms with van der Waals surface area (Å²) in [6.07, 6.45) is 0.420. The Bertz CT molecular complexity index is 317. The molecule has 0 saturated heterocycles. The number of nitrogens with two attached hydrogens (primary N) is 1. The molecule has 0 aromatic carbocycles. The van der Waals surface area contributed by atoms with Gasteiger partial charge in [-0.15, -0.1) is 0 Å². The Kier molecular flexibility index (Phi) is 1.90. The molecule has 0 bridgehead atoms. The van der Waals surface area contributed by atoms with Crippen LogP contribution in [0.3, 0.4) is 0 Å². The van der Waals surface area contributed by atoms with Crippen LogP contribution in [0.25, 0.3) is 0 Å². The molecule has 1 amide bonds. The number of hydrogen-bond donors (Lipinski definition) is 1. The fraction of sp³-hybridized carbons (Fsp3) is 0. The second-order valence-corrected chi connectivity index (χ2v) is 2.04. The maximum Gasteiger partial charge on any atom is 0.318 e. The Morgan fingerprint density at radius 1 is 1.58 bits per heavy atom. The maximum absolute atomic E-state index is 12.6. The van der Waals surface area contributed by atoms with Crippen LogP contribution in [0, 0.1) is 16.8 Å². The third-order valence-electron chi connectivity index (χ3n) is 1.19. The van der Waals surface area contributed by atoms with Crippen molar-refractivity contribution in [2.45, 2.75) is 0 Å². The van der Waals surface area contributed by atoms with Gasteiger partial charge in [-0.25, -0.2) is 4.39 Å². The van der Waals surface area contributed by atoms with Crippen LogP contribution in [0.15, 0.2) is 12.3 Å². The fourth-order valence-electron chi connectivity index (χ4n) is 0.735. The number of carbonyl (C=O) groups is 1. The van der Waals surface area contributed by atoms with Gasteiger partial charge < -0.3 is 10.9 Å². The number of rotatable bonds is 1. The molecule has 6 heteroatoms. The summed E-state index contributed by atoms with van der Waals surface area (Å²) >= 11 is 0. The first-order chi connectivity index (χ1) is 5.52. The van der Waals surface area contributed by atoms with Gasteiger partial charge in [-0.1, -0.05) is 0 Å². The van der Waals surface area contributed by atoms with E-state index in [2.05, 4.69) is 5.73 Å². The van der Waals surface area contributed by atoms with Crippen LogP contribution in [0.2, 0.25) is 0 Å². The molecule has 0 spiro atoms. The van der Waals surface area contributed by atoms with Crippen molar-refractivity contribution in [1.29, 1.82) is 0 Å². The van der Waals surface area contributed by atoms with Crippen LogP contribution >= 0.6 is 0 Å². The van der Waals surface area contributed by atoms with Crippen molar-refractivity contribution in [1.82, 2.24) is 0 Å². The molecule has 0 fully saturated rings. The van der Waals surface area contributed by atoms with Gasteiger partial charge in [0.15, 0.2) is 5.82 Å². The molecule has 64 valence electrons. The van der Waals surface area contributed by atoms with Crippen LogP contribution in [-0.4, -0.2) is 5.91 Å². The molecule has 0 aliphatic carbocycles. The fourth-order valence-corrected chi connectivity index (χ4v) is 0.735. The van der Waals surface area contributed by atoms with Crippen molar-refractivity contribution in [2.75, 3.05) is 0 Å². The van der Waals surface area contributed by atoms with Gasteiger partial charge in [0.2, 0.25) is 12.0 Å². The van der Waals surface area contributed by atoms with E-state index in [1.807, 2.05) is 0 Å². The SMILES string of the molecule is NC(=O)c1c(F)cc(F)c[n+]1[O-]. The number of nitrogens with zero attached hydrogens (tertiary/aromatic N) is 1. The zero-order chi connectivity index (χ0) is 9.30. The minimum Gasteiger partial charge on any atom is -0.618 e. The molecule has 1 aromatic rings. The Balaban J connectivity index is 3.38. The van der Waals surface area contributed by atoms with E-state index in [-0.39, 0.29) is 4.73 Å². The topological polar surface area (TPSA) is 70.0 Å². The Hall–Kier alpha value is -1.72. The van der Waals surface area contributed by atoms with Crippen molar-refractivity contribution in [2.24, 2.45) is 5.73 Å². The van der Waals surface area contributed by atoms with E-state index in [0.717, 1.165) is 0 Å². The van der Waals surface area contributed by atoms with Gasteiger partial charge in [0.25, 0.3) is 0 Å². The van der Waals surface area contributed by atoms with Crippen molar-refractivity contribution >= 4 is 5.91 Å². The molecule has 0 radical (unpaired) electrons. The standard InChI is InChI=1S/C6H4F2N2O2/c7-3-1-4(8)5(6(9)11)10(12)2-3/h1-2H,(H2,9,11). The second-order valence-electron chi connectivity index (χ2n) is 2.04. The number of halogens is 2. The molecule has 1 rings (SSSR count). The summed E-state index contributed by atoms with van der Waals surface area (Å²) in [7, 11) is 0. The van der Waals surface area contributed by atoms with E-state index in [9.17, 15) is 18.8 Å². The molecule has 1 aromatic heterocycles. The highest BCUT2D eigenvalue weighted by atomic mass is 19.1. The zero-order valence-corrected chi connectivity index (χ0v) is 5.75. The molecule has 4 nitrogen and oxygen atoms in total.